The van der Waals surface area contributed by atoms with E-state index in [1.165, 1.54) is 19.3 Å². The lowest BCUT2D eigenvalue weighted by Crippen LogP contribution is -2.29. The summed E-state index contributed by atoms with van der Waals surface area (Å²) in [5.74, 6) is -0.406. The molecule has 1 fully saturated rings. The van der Waals surface area contributed by atoms with Gasteiger partial charge in [-0.05, 0) is 55.2 Å². The Morgan fingerprint density at radius 3 is 2.43 bits per heavy atom. The fourth-order valence-corrected chi connectivity index (χ4v) is 3.57. The highest BCUT2D eigenvalue weighted by Gasteiger charge is 2.14. The Morgan fingerprint density at radius 2 is 1.68 bits per heavy atom. The van der Waals surface area contributed by atoms with E-state index in [1.807, 2.05) is 48.5 Å². The maximum absolute atomic E-state index is 12.6. The van der Waals surface area contributed by atoms with Crippen LogP contribution >= 0.6 is 0 Å². The fraction of sp³-hybridized carbons (Fsp3) is 0.217. The highest BCUT2D eigenvalue weighted by molar-refractivity contribution is 6.04. The van der Waals surface area contributed by atoms with Crippen molar-refractivity contribution in [1.29, 1.82) is 0 Å². The zero-order chi connectivity index (χ0) is 19.3. The lowest BCUT2D eigenvalue weighted by Gasteiger charge is -2.29. The smallest absolute Gasteiger partial charge is 0.261 e. The van der Waals surface area contributed by atoms with Crippen molar-refractivity contribution in [2.24, 2.45) is 0 Å². The Bertz CT molecular complexity index is 1020. The van der Waals surface area contributed by atoms with Gasteiger partial charge in [0.05, 0.1) is 0 Å². The van der Waals surface area contributed by atoms with Gasteiger partial charge in [-0.15, -0.1) is 0 Å². The van der Waals surface area contributed by atoms with E-state index in [2.05, 4.69) is 21.3 Å². The first-order valence-electron chi connectivity index (χ1n) is 9.66. The second-order valence-corrected chi connectivity index (χ2v) is 7.03. The molecule has 5 nitrogen and oxygen atoms in total. The first-order chi connectivity index (χ1) is 13.7. The largest absolute Gasteiger partial charge is 0.371 e. The normalized spacial score (nSPS) is 13.9. The van der Waals surface area contributed by atoms with Gasteiger partial charge in [0.25, 0.3) is 11.5 Å². The van der Waals surface area contributed by atoms with E-state index in [-0.39, 0.29) is 5.56 Å². The molecule has 1 aromatic heterocycles. The summed E-state index contributed by atoms with van der Waals surface area (Å²) in [4.78, 5) is 30.2. The van der Waals surface area contributed by atoms with E-state index < -0.39 is 11.5 Å². The Hall–Kier alpha value is -3.34. The van der Waals surface area contributed by atoms with Crippen molar-refractivity contribution in [3.63, 3.8) is 0 Å². The summed E-state index contributed by atoms with van der Waals surface area (Å²) in [6.45, 7) is 2.08. The summed E-state index contributed by atoms with van der Waals surface area (Å²) in [5.41, 5.74) is 3.09. The van der Waals surface area contributed by atoms with Crippen LogP contribution in [0.1, 0.15) is 29.6 Å². The predicted octanol–water partition coefficient (Wildman–Crippen LogP) is 4.28. The van der Waals surface area contributed by atoms with Crippen LogP contribution in [0.4, 0.5) is 11.4 Å². The van der Waals surface area contributed by atoms with Gasteiger partial charge in [0.15, 0.2) is 0 Å². The van der Waals surface area contributed by atoms with Crippen molar-refractivity contribution < 1.29 is 4.79 Å². The number of nitrogens with one attached hydrogen (secondary N) is 2. The Labute approximate surface area is 164 Å². The molecule has 1 aliphatic rings. The third kappa shape index (κ3) is 3.98. The lowest BCUT2D eigenvalue weighted by atomic mass is 10.1. The van der Waals surface area contributed by atoms with E-state index >= 15 is 0 Å². The summed E-state index contributed by atoms with van der Waals surface area (Å²) in [7, 11) is 0. The van der Waals surface area contributed by atoms with Crippen molar-refractivity contribution in [3.8, 4) is 11.3 Å². The number of hydrogen-bond donors (Lipinski definition) is 2. The summed E-state index contributed by atoms with van der Waals surface area (Å²) >= 11 is 0. The molecule has 5 heteroatoms. The van der Waals surface area contributed by atoms with Gasteiger partial charge in [0, 0.05) is 30.2 Å². The highest BCUT2D eigenvalue weighted by Crippen LogP contribution is 2.23. The van der Waals surface area contributed by atoms with Crippen LogP contribution in [-0.4, -0.2) is 24.0 Å². The Kier molecular flexibility index (Phi) is 5.24. The van der Waals surface area contributed by atoms with Crippen LogP contribution in [0.25, 0.3) is 11.3 Å². The number of aromatic amines is 1. The number of amides is 1. The van der Waals surface area contributed by atoms with Gasteiger partial charge >= 0.3 is 0 Å². The zero-order valence-electron chi connectivity index (χ0n) is 15.7. The van der Waals surface area contributed by atoms with Crippen molar-refractivity contribution in [2.75, 3.05) is 23.3 Å². The van der Waals surface area contributed by atoms with Crippen molar-refractivity contribution in [3.05, 3.63) is 82.6 Å². The number of nitrogens with zero attached hydrogens (tertiary/aromatic N) is 1. The second kappa shape index (κ2) is 8.13. The molecule has 0 saturated carbocycles. The molecule has 0 aliphatic carbocycles. The van der Waals surface area contributed by atoms with Gasteiger partial charge in [-0.1, -0.05) is 36.4 Å². The van der Waals surface area contributed by atoms with E-state index in [0.29, 0.717) is 11.4 Å². The Balaban J connectivity index is 1.52. The maximum Gasteiger partial charge on any atom is 0.261 e. The molecule has 1 aliphatic heterocycles. The molecule has 0 atom stereocenters. The fourth-order valence-electron chi connectivity index (χ4n) is 3.57. The monoisotopic (exact) mass is 373 g/mol. The Morgan fingerprint density at radius 1 is 0.893 bits per heavy atom. The van der Waals surface area contributed by atoms with Gasteiger partial charge in [-0.2, -0.15) is 0 Å². The standard InChI is InChI=1S/C23H23N3O2/c27-22(20-12-13-21(25-23(20)28)17-8-3-1-4-9-17)24-18-10-7-11-19(16-18)26-14-5-2-6-15-26/h1,3-4,7-13,16H,2,5-6,14-15H2,(H,24,27)(H,25,28). The molecular weight excluding hydrogens is 350 g/mol. The molecule has 28 heavy (non-hydrogen) atoms. The van der Waals surface area contributed by atoms with E-state index in [4.69, 9.17) is 0 Å². The predicted molar refractivity (Wildman–Crippen MR) is 113 cm³/mol. The molecule has 142 valence electrons. The number of pyridine rings is 1. The van der Waals surface area contributed by atoms with Gasteiger partial charge in [-0.25, -0.2) is 0 Å². The average Bonchev–Trinajstić information content (AvgIpc) is 2.75. The average molecular weight is 373 g/mol. The van der Waals surface area contributed by atoms with Crippen LogP contribution in [0.15, 0.2) is 71.5 Å². The first kappa shape index (κ1) is 18.0. The van der Waals surface area contributed by atoms with Gasteiger partial charge in [0.2, 0.25) is 0 Å². The summed E-state index contributed by atoms with van der Waals surface area (Å²) in [6.07, 6.45) is 3.66. The minimum atomic E-state index is -0.406. The molecule has 2 N–H and O–H groups in total. The maximum atomic E-state index is 12.6. The van der Waals surface area contributed by atoms with E-state index in [0.717, 1.165) is 24.3 Å². The number of piperidine rings is 1. The van der Waals surface area contributed by atoms with Crippen molar-refractivity contribution in [1.82, 2.24) is 4.98 Å². The topological polar surface area (TPSA) is 65.2 Å². The molecule has 1 saturated heterocycles. The molecular formula is C23H23N3O2. The van der Waals surface area contributed by atoms with Gasteiger partial charge < -0.3 is 15.2 Å². The molecule has 0 spiro atoms. The zero-order valence-corrected chi connectivity index (χ0v) is 15.7. The lowest BCUT2D eigenvalue weighted by molar-refractivity contribution is 0.102. The molecule has 2 heterocycles. The summed E-state index contributed by atoms with van der Waals surface area (Å²) in [6, 6.07) is 20.7. The van der Waals surface area contributed by atoms with Gasteiger partial charge in [-0.3, -0.25) is 9.59 Å². The molecule has 0 unspecified atom stereocenters. The minimum Gasteiger partial charge on any atom is -0.371 e. The third-order valence-corrected chi connectivity index (χ3v) is 5.06. The number of H-pyrrole nitrogens is 1. The molecule has 1 amide bonds. The SMILES string of the molecule is O=C(Nc1cccc(N2CCCCC2)c1)c1ccc(-c2ccccc2)[nH]c1=O. The van der Waals surface area contributed by atoms with Crippen LogP contribution < -0.4 is 15.8 Å². The van der Waals surface area contributed by atoms with Crippen LogP contribution in [-0.2, 0) is 0 Å². The van der Waals surface area contributed by atoms with Gasteiger partial charge in [0.1, 0.15) is 5.56 Å². The molecule has 0 radical (unpaired) electrons. The van der Waals surface area contributed by atoms with Crippen molar-refractivity contribution in [2.45, 2.75) is 19.3 Å². The number of rotatable bonds is 4. The van der Waals surface area contributed by atoms with E-state index in [1.54, 1.807) is 12.1 Å². The van der Waals surface area contributed by atoms with Crippen molar-refractivity contribution >= 4 is 17.3 Å². The molecule has 0 bridgehead atoms. The number of aromatic nitrogens is 1. The number of benzene rings is 2. The summed E-state index contributed by atoms with van der Waals surface area (Å²) < 4.78 is 0. The van der Waals surface area contributed by atoms with Crippen LogP contribution in [0.3, 0.4) is 0 Å². The number of anilines is 2. The first-order valence-corrected chi connectivity index (χ1v) is 9.66. The minimum absolute atomic E-state index is 0.100. The van der Waals surface area contributed by atoms with Crippen LogP contribution in [0.2, 0.25) is 0 Å². The number of hydrogen-bond acceptors (Lipinski definition) is 3. The number of carbonyl (C=O) groups excluding carboxylic acids is 1. The van der Waals surface area contributed by atoms with E-state index in [9.17, 15) is 9.59 Å². The molecule has 2 aromatic carbocycles. The molecule has 4 rings (SSSR count). The highest BCUT2D eigenvalue weighted by atomic mass is 16.2. The molecule has 3 aromatic rings. The van der Waals surface area contributed by atoms with Crippen LogP contribution in [0.5, 0.6) is 0 Å². The number of carbonyl (C=O) groups is 1. The quantitative estimate of drug-likeness (QED) is 0.717. The van der Waals surface area contributed by atoms with Crippen LogP contribution in [0, 0.1) is 0 Å². The second-order valence-electron chi connectivity index (χ2n) is 7.03. The summed E-state index contributed by atoms with van der Waals surface area (Å²) in [5, 5.41) is 2.85. The third-order valence-electron chi connectivity index (χ3n) is 5.06.